The smallest absolute Gasteiger partial charge is 0.0543 e. The maximum Gasteiger partial charge on any atom is 0.0543 e. The predicted octanol–water partition coefficient (Wildman–Crippen LogP) is 5.18. The number of aryl methyl sites for hydroxylation is 1. The van der Waals surface area contributed by atoms with Crippen LogP contribution in [0.15, 0.2) is 53.4 Å². The van der Waals surface area contributed by atoms with Gasteiger partial charge in [0.05, 0.1) is 5.69 Å². The molecule has 2 atom stereocenters. The van der Waals surface area contributed by atoms with Crippen molar-refractivity contribution in [1.82, 2.24) is 4.90 Å². The van der Waals surface area contributed by atoms with Gasteiger partial charge in [-0.2, -0.15) is 0 Å². The van der Waals surface area contributed by atoms with E-state index in [1.807, 2.05) is 0 Å². The normalized spacial score (nSPS) is 24.4. The largest absolute Gasteiger partial charge is 0.367 e. The van der Waals surface area contributed by atoms with Crippen molar-refractivity contribution < 1.29 is 0 Å². The van der Waals surface area contributed by atoms with Crippen molar-refractivity contribution in [2.75, 3.05) is 36.8 Å². The molecular formula is C24H30N2S. The molecule has 0 radical (unpaired) electrons. The van der Waals surface area contributed by atoms with Crippen LogP contribution in [0.3, 0.4) is 0 Å². The molecule has 0 N–H and O–H groups in total. The second kappa shape index (κ2) is 7.89. The molecule has 0 spiro atoms. The second-order valence-electron chi connectivity index (χ2n) is 8.30. The third kappa shape index (κ3) is 3.52. The molecule has 0 saturated carbocycles. The van der Waals surface area contributed by atoms with Gasteiger partial charge in [0.15, 0.2) is 0 Å². The lowest BCUT2D eigenvalue weighted by atomic mass is 9.89. The van der Waals surface area contributed by atoms with E-state index in [0.29, 0.717) is 0 Å². The quantitative estimate of drug-likeness (QED) is 0.662. The average Bonchev–Trinajstić information content (AvgIpc) is 2.87. The number of fused-ring (bicyclic) bond motifs is 3. The van der Waals surface area contributed by atoms with Gasteiger partial charge in [-0.25, -0.2) is 0 Å². The third-order valence-corrected chi connectivity index (χ3v) is 7.74. The van der Waals surface area contributed by atoms with Crippen molar-refractivity contribution in [3.05, 3.63) is 59.7 Å². The van der Waals surface area contributed by atoms with Crippen LogP contribution in [0.2, 0.25) is 0 Å². The summed E-state index contributed by atoms with van der Waals surface area (Å²) < 4.78 is 0. The zero-order valence-electron chi connectivity index (χ0n) is 16.1. The van der Waals surface area contributed by atoms with E-state index in [0.717, 1.165) is 12.0 Å². The van der Waals surface area contributed by atoms with Crippen LogP contribution in [0.4, 0.5) is 5.69 Å². The molecule has 1 fully saturated rings. The van der Waals surface area contributed by atoms with Gasteiger partial charge in [0.2, 0.25) is 0 Å². The van der Waals surface area contributed by atoms with Gasteiger partial charge in [0.25, 0.3) is 0 Å². The molecule has 2 aromatic rings. The van der Waals surface area contributed by atoms with Crippen molar-refractivity contribution in [3.63, 3.8) is 0 Å². The van der Waals surface area contributed by atoms with Gasteiger partial charge in [-0.05, 0) is 61.6 Å². The number of likely N-dealkylation sites (tertiary alicyclic amines) is 1. The first kappa shape index (κ1) is 17.6. The molecule has 0 amide bonds. The van der Waals surface area contributed by atoms with Gasteiger partial charge in [-0.15, -0.1) is 11.8 Å². The number of piperidine rings is 1. The Hall–Kier alpha value is -1.45. The fourth-order valence-electron chi connectivity index (χ4n) is 5.32. The first-order valence-electron chi connectivity index (χ1n) is 10.7. The fourth-order valence-corrected chi connectivity index (χ4v) is 6.36. The molecule has 2 unspecified atom stereocenters. The molecule has 3 aliphatic rings. The molecule has 3 aliphatic heterocycles. The summed E-state index contributed by atoms with van der Waals surface area (Å²) in [5.74, 6) is 2.00. The Labute approximate surface area is 167 Å². The summed E-state index contributed by atoms with van der Waals surface area (Å²) in [5, 5.41) is 0. The lowest BCUT2D eigenvalue weighted by Gasteiger charge is -2.39. The Bertz CT molecular complexity index is 775. The Balaban J connectivity index is 1.22. The molecule has 2 aromatic carbocycles. The van der Waals surface area contributed by atoms with Crippen molar-refractivity contribution in [1.29, 1.82) is 0 Å². The van der Waals surface area contributed by atoms with E-state index >= 15 is 0 Å². The SMILES string of the molecule is c1ccc(CCCCN2CCC3C(C2)c2cccc4c2N3CCCS4)cc1. The molecule has 5 rings (SSSR count). The summed E-state index contributed by atoms with van der Waals surface area (Å²) in [6.07, 6.45) is 6.50. The Morgan fingerprint density at radius 1 is 0.963 bits per heavy atom. The Morgan fingerprint density at radius 2 is 1.89 bits per heavy atom. The Kier molecular flexibility index (Phi) is 5.15. The van der Waals surface area contributed by atoms with Crippen LogP contribution in [0.1, 0.15) is 42.7 Å². The van der Waals surface area contributed by atoms with E-state index in [1.54, 1.807) is 11.3 Å². The zero-order chi connectivity index (χ0) is 18.1. The first-order valence-corrected chi connectivity index (χ1v) is 11.7. The van der Waals surface area contributed by atoms with Crippen LogP contribution >= 0.6 is 11.8 Å². The third-order valence-electron chi connectivity index (χ3n) is 6.61. The van der Waals surface area contributed by atoms with E-state index in [2.05, 4.69) is 70.1 Å². The maximum atomic E-state index is 2.78. The number of hydrogen-bond acceptors (Lipinski definition) is 3. The highest BCUT2D eigenvalue weighted by Crippen LogP contribution is 2.50. The second-order valence-corrected chi connectivity index (χ2v) is 9.43. The molecule has 3 heterocycles. The predicted molar refractivity (Wildman–Crippen MR) is 116 cm³/mol. The number of anilines is 1. The summed E-state index contributed by atoms with van der Waals surface area (Å²) >= 11 is 2.07. The van der Waals surface area contributed by atoms with Crippen LogP contribution < -0.4 is 4.90 Å². The zero-order valence-corrected chi connectivity index (χ0v) is 17.0. The number of rotatable bonds is 5. The fraction of sp³-hybridized carbons (Fsp3) is 0.500. The van der Waals surface area contributed by atoms with E-state index in [4.69, 9.17) is 0 Å². The van der Waals surface area contributed by atoms with E-state index in [-0.39, 0.29) is 0 Å². The number of para-hydroxylation sites is 1. The molecule has 0 aliphatic carbocycles. The van der Waals surface area contributed by atoms with Gasteiger partial charge in [0, 0.05) is 36.5 Å². The van der Waals surface area contributed by atoms with Gasteiger partial charge in [0.1, 0.15) is 0 Å². The molecule has 0 aromatic heterocycles. The van der Waals surface area contributed by atoms with Crippen LogP contribution in [-0.4, -0.2) is 42.9 Å². The van der Waals surface area contributed by atoms with Crippen LogP contribution in [-0.2, 0) is 6.42 Å². The van der Waals surface area contributed by atoms with E-state index in [1.165, 1.54) is 74.5 Å². The summed E-state index contributed by atoms with van der Waals surface area (Å²) in [4.78, 5) is 7.06. The van der Waals surface area contributed by atoms with Gasteiger partial charge < -0.3 is 9.80 Å². The minimum atomic E-state index is 0.724. The number of nitrogens with zero attached hydrogens (tertiary/aromatic N) is 2. The van der Waals surface area contributed by atoms with Crippen LogP contribution in [0, 0.1) is 0 Å². The van der Waals surface area contributed by atoms with Crippen molar-refractivity contribution in [2.24, 2.45) is 0 Å². The highest BCUT2D eigenvalue weighted by Gasteiger charge is 2.43. The monoisotopic (exact) mass is 378 g/mol. The highest BCUT2D eigenvalue weighted by molar-refractivity contribution is 7.99. The number of hydrogen-bond donors (Lipinski definition) is 0. The minimum absolute atomic E-state index is 0.724. The molecule has 142 valence electrons. The molecule has 3 heteroatoms. The molecule has 1 saturated heterocycles. The van der Waals surface area contributed by atoms with Gasteiger partial charge in [-0.3, -0.25) is 0 Å². The molecule has 27 heavy (non-hydrogen) atoms. The Morgan fingerprint density at radius 3 is 2.81 bits per heavy atom. The van der Waals surface area contributed by atoms with Crippen molar-refractivity contribution >= 4 is 17.4 Å². The highest BCUT2D eigenvalue weighted by atomic mass is 32.2. The summed E-state index contributed by atoms with van der Waals surface area (Å²) in [7, 11) is 0. The molecular weight excluding hydrogens is 348 g/mol. The van der Waals surface area contributed by atoms with Crippen LogP contribution in [0.5, 0.6) is 0 Å². The van der Waals surface area contributed by atoms with E-state index < -0.39 is 0 Å². The minimum Gasteiger partial charge on any atom is -0.367 e. The first-order chi connectivity index (χ1) is 13.4. The summed E-state index contributed by atoms with van der Waals surface area (Å²) in [5.41, 5.74) is 4.72. The molecule has 2 nitrogen and oxygen atoms in total. The van der Waals surface area contributed by atoms with Gasteiger partial charge >= 0.3 is 0 Å². The van der Waals surface area contributed by atoms with E-state index in [9.17, 15) is 0 Å². The number of benzene rings is 2. The lowest BCUT2D eigenvalue weighted by Crippen LogP contribution is -2.46. The van der Waals surface area contributed by atoms with Crippen molar-refractivity contribution in [3.8, 4) is 0 Å². The topological polar surface area (TPSA) is 6.48 Å². The van der Waals surface area contributed by atoms with Crippen LogP contribution in [0.25, 0.3) is 0 Å². The van der Waals surface area contributed by atoms with Gasteiger partial charge in [-0.1, -0.05) is 42.5 Å². The number of unbranched alkanes of at least 4 members (excludes halogenated alkanes) is 1. The summed E-state index contributed by atoms with van der Waals surface area (Å²) in [6.45, 7) is 5.06. The number of thioether (sulfide) groups is 1. The summed E-state index contributed by atoms with van der Waals surface area (Å²) in [6, 6.07) is 18.8. The van der Waals surface area contributed by atoms with Crippen molar-refractivity contribution in [2.45, 2.75) is 49.0 Å². The average molecular weight is 379 g/mol. The maximum absolute atomic E-state index is 2.78. The lowest BCUT2D eigenvalue weighted by molar-refractivity contribution is 0.190. The molecule has 0 bridgehead atoms. The standard InChI is InChI=1S/C24H30N2S/c1-2-8-19(9-3-1)10-4-5-14-25-16-13-22-21(18-25)20-11-6-12-23-24(20)26(22)15-7-17-27-23/h1-3,6,8-9,11-12,21-22H,4-5,7,10,13-18H2.